The third-order valence-electron chi connectivity index (χ3n) is 11.4. The number of nitrogens with zero attached hydrogens (tertiary/aromatic N) is 1. The Balaban J connectivity index is -0.000000469. The number of para-hydroxylation sites is 1. The highest BCUT2D eigenvalue weighted by Crippen LogP contribution is 2.34. The minimum Gasteiger partial charge on any atom is -0.466 e. The van der Waals surface area contributed by atoms with E-state index in [1.165, 1.54) is 37.1 Å². The van der Waals surface area contributed by atoms with Crippen molar-refractivity contribution in [2.45, 2.75) is 185 Å². The number of Topliss-reactive ketones (excluding diaryl/α,β-unsaturated/α-hetero) is 3. The lowest BCUT2D eigenvalue weighted by atomic mass is 9.94. The molecule has 1 fully saturated rings. The first-order chi connectivity index (χ1) is 42.5. The van der Waals surface area contributed by atoms with Gasteiger partial charge in [0.15, 0.2) is 17.3 Å². The predicted octanol–water partition coefficient (Wildman–Crippen LogP) is 19.6. The van der Waals surface area contributed by atoms with Crippen LogP contribution >= 0.6 is 11.6 Å². The van der Waals surface area contributed by atoms with Gasteiger partial charge in [-0.05, 0) is 94.5 Å². The molecule has 1 N–H and O–H groups in total. The first-order valence-corrected chi connectivity index (χ1v) is 32.1. The number of piperidine rings is 1. The lowest BCUT2D eigenvalue weighted by Crippen LogP contribution is -2.33. The van der Waals surface area contributed by atoms with Crippen LogP contribution in [0, 0.1) is 0 Å². The molecule has 12 heteroatoms. The molecule has 0 aliphatic carbocycles. The number of aliphatic hydroxyl groups is 1. The van der Waals surface area contributed by atoms with Crippen molar-refractivity contribution < 1.29 is 48.1 Å². The van der Waals surface area contributed by atoms with Gasteiger partial charge >= 0.3 is 11.9 Å². The maximum Gasteiger partial charge on any atom is 0.305 e. The first-order valence-electron chi connectivity index (χ1n) is 31.7. The van der Waals surface area contributed by atoms with Crippen LogP contribution in [0.1, 0.15) is 222 Å². The zero-order valence-electron chi connectivity index (χ0n) is 54.9. The molecule has 1 heterocycles. The van der Waals surface area contributed by atoms with Gasteiger partial charge in [-0.25, -0.2) is 0 Å². The van der Waals surface area contributed by atoms with E-state index in [0.717, 1.165) is 23.8 Å². The van der Waals surface area contributed by atoms with Gasteiger partial charge in [-0.1, -0.05) is 245 Å². The second-order valence-corrected chi connectivity index (χ2v) is 17.8. The minimum atomic E-state index is -0.408. The molecule has 1 atom stereocenters. The molecule has 7 rings (SSSR count). The lowest BCUT2D eigenvalue weighted by Gasteiger charge is -2.38. The fourth-order valence-electron chi connectivity index (χ4n) is 7.55. The molecule has 480 valence electrons. The number of rotatable bonds is 23. The van der Waals surface area contributed by atoms with E-state index in [2.05, 4.69) is 70.3 Å². The van der Waals surface area contributed by atoms with Gasteiger partial charge in [0.2, 0.25) is 5.24 Å². The molecule has 0 saturated carbocycles. The van der Waals surface area contributed by atoms with Crippen molar-refractivity contribution in [3.63, 3.8) is 0 Å². The van der Waals surface area contributed by atoms with Crippen molar-refractivity contribution in [1.82, 2.24) is 0 Å². The van der Waals surface area contributed by atoms with E-state index in [-0.39, 0.29) is 48.7 Å². The summed E-state index contributed by atoms with van der Waals surface area (Å²) < 4.78 is 9.41. The van der Waals surface area contributed by atoms with E-state index in [1.807, 2.05) is 172 Å². The summed E-state index contributed by atoms with van der Waals surface area (Å²) in [7, 11) is 0. The number of esters is 2. The molecule has 0 amide bonds. The van der Waals surface area contributed by atoms with Crippen LogP contribution in [-0.2, 0) is 28.7 Å². The Bertz CT molecular complexity index is 2410. The summed E-state index contributed by atoms with van der Waals surface area (Å²) in [5.41, 5.74) is 4.99. The molecule has 1 unspecified atom stereocenters. The summed E-state index contributed by atoms with van der Waals surface area (Å²) >= 11 is 5.05. The van der Waals surface area contributed by atoms with Crippen LogP contribution in [0.5, 0.6) is 0 Å². The van der Waals surface area contributed by atoms with E-state index < -0.39 is 5.24 Å². The van der Waals surface area contributed by atoms with Gasteiger partial charge < -0.3 is 24.3 Å². The summed E-state index contributed by atoms with van der Waals surface area (Å²) in [4.78, 5) is 78.9. The average Bonchev–Trinajstić information content (AvgIpc) is 3.56. The molecular formula is C75H108ClNO10. The first kappa shape index (κ1) is 86.1. The molecule has 0 bridgehead atoms. The van der Waals surface area contributed by atoms with Crippen molar-refractivity contribution in [1.29, 1.82) is 0 Å². The lowest BCUT2D eigenvalue weighted by molar-refractivity contribution is -0.144. The third kappa shape index (κ3) is 48.5. The van der Waals surface area contributed by atoms with Crippen LogP contribution in [0.2, 0.25) is 0 Å². The van der Waals surface area contributed by atoms with Gasteiger partial charge in [0, 0.05) is 80.5 Å². The number of carbonyl (C=O) groups is 7. The molecule has 6 aromatic carbocycles. The Kier molecular flexibility index (Phi) is 65.5. The maximum absolute atomic E-state index is 11.6. The van der Waals surface area contributed by atoms with Crippen LogP contribution in [0.15, 0.2) is 188 Å². The largest absolute Gasteiger partial charge is 0.466 e. The highest BCUT2D eigenvalue weighted by molar-refractivity contribution is 6.63. The molecule has 6 aromatic rings. The van der Waals surface area contributed by atoms with Crippen molar-refractivity contribution >= 4 is 58.1 Å². The second kappa shape index (κ2) is 66.2. The Labute approximate surface area is 530 Å². The van der Waals surface area contributed by atoms with Crippen molar-refractivity contribution in [2.75, 3.05) is 31.3 Å². The Hall–Kier alpha value is -7.34. The van der Waals surface area contributed by atoms with Gasteiger partial charge in [0.1, 0.15) is 6.29 Å². The van der Waals surface area contributed by atoms with Crippen molar-refractivity contribution in [2.24, 2.45) is 0 Å². The van der Waals surface area contributed by atoms with E-state index in [9.17, 15) is 33.6 Å². The second-order valence-electron chi connectivity index (χ2n) is 17.4. The number of benzene rings is 6. The van der Waals surface area contributed by atoms with Gasteiger partial charge in [0.25, 0.3) is 0 Å². The summed E-state index contributed by atoms with van der Waals surface area (Å²) in [5, 5.41) is 8.13. The number of ether oxygens (including phenoxy) is 2. The van der Waals surface area contributed by atoms with Crippen LogP contribution < -0.4 is 4.90 Å². The van der Waals surface area contributed by atoms with Gasteiger partial charge in [-0.3, -0.25) is 28.8 Å². The summed E-state index contributed by atoms with van der Waals surface area (Å²) in [6, 6.07) is 61.7. The number of aldehydes is 1. The molecule has 0 radical (unpaired) electrons. The SMILES string of the molecule is CC.CC.CC.CC.CC.CCOC(=O)CCCC(=O)Cl.CCOC(=O)CCCC(=O)c1ccccc1.O=C(CCCCO)c1ccccc1.O=CCCCC(=O)c1ccccc1.c1ccc(C2CCCCN2c2ccccc2)cc1.c1ccccc1. The fraction of sp³-hybridized carbons (Fsp3) is 0.427. The van der Waals surface area contributed by atoms with E-state index in [1.54, 1.807) is 38.1 Å². The molecule has 11 nitrogen and oxygen atoms in total. The smallest absolute Gasteiger partial charge is 0.305 e. The molecule has 1 aliphatic heterocycles. The highest BCUT2D eigenvalue weighted by Gasteiger charge is 2.23. The van der Waals surface area contributed by atoms with Gasteiger partial charge in [-0.2, -0.15) is 0 Å². The van der Waals surface area contributed by atoms with E-state index in [4.69, 9.17) is 21.4 Å². The van der Waals surface area contributed by atoms with Crippen LogP contribution in [-0.4, -0.2) is 72.3 Å². The maximum atomic E-state index is 11.6. The van der Waals surface area contributed by atoms with Crippen LogP contribution in [0.3, 0.4) is 0 Å². The summed E-state index contributed by atoms with van der Waals surface area (Å²) in [5.74, 6) is -0.157. The Morgan fingerprint density at radius 3 is 1.14 bits per heavy atom. The normalized spacial score (nSPS) is 10.9. The number of hydrogen-bond donors (Lipinski definition) is 1. The number of unbranched alkanes of at least 4 members (excludes halogenated alkanes) is 2. The Morgan fingerprint density at radius 1 is 0.448 bits per heavy atom. The number of aliphatic hydroxyl groups excluding tert-OH is 1. The number of halogens is 1. The van der Waals surface area contributed by atoms with Crippen molar-refractivity contribution in [3.05, 3.63) is 210 Å². The number of carbonyl (C=O) groups excluding carboxylic acids is 7. The number of anilines is 1. The van der Waals surface area contributed by atoms with Gasteiger partial charge in [0.05, 0.1) is 19.3 Å². The summed E-state index contributed by atoms with van der Waals surface area (Å²) in [6.07, 6.45) is 10.6. The third-order valence-corrected chi connectivity index (χ3v) is 11.6. The van der Waals surface area contributed by atoms with Crippen LogP contribution in [0.4, 0.5) is 5.69 Å². The molecular weight excluding hydrogens is 1110 g/mol. The molecule has 1 aliphatic rings. The van der Waals surface area contributed by atoms with Gasteiger partial charge in [-0.15, -0.1) is 0 Å². The molecule has 1 saturated heterocycles. The van der Waals surface area contributed by atoms with Crippen LogP contribution in [0.25, 0.3) is 0 Å². The van der Waals surface area contributed by atoms with E-state index >= 15 is 0 Å². The van der Waals surface area contributed by atoms with E-state index in [0.29, 0.717) is 82.6 Å². The molecule has 0 spiro atoms. The Morgan fingerprint density at radius 2 is 0.782 bits per heavy atom. The average molecular weight is 1220 g/mol. The topological polar surface area (TPSA) is 161 Å². The van der Waals surface area contributed by atoms with Crippen molar-refractivity contribution in [3.8, 4) is 0 Å². The summed E-state index contributed by atoms with van der Waals surface area (Å²) in [6.45, 7) is 25.6. The highest BCUT2D eigenvalue weighted by atomic mass is 35.5. The minimum absolute atomic E-state index is 0.0740. The number of hydrogen-bond acceptors (Lipinski definition) is 11. The quantitative estimate of drug-likeness (QED) is 0.0214. The predicted molar refractivity (Wildman–Crippen MR) is 365 cm³/mol. The standard InChI is InChI=1S/C17H19N.C13H16O3.C11H14O2.C11H12O2.C7H11ClO3.C6H6.5C2H6/c1-3-9-15(10-4-1)17-13-7-8-14-18(17)16-11-5-2-6-12-16;1-2-16-13(15)10-6-9-12(14)11-7-4-3-5-8-11;2*12-9-5-4-8-11(13)10-6-2-1-3-7-10;1-2-11-7(10)5-3-4-6(8)9;1-2-4-6-5-3-1;5*1-2/h1-6,9-12,17H,7-8,13-14H2;3-5,7-8H,2,6,9-10H2,1H3;1-3,6-7,12H,4-5,8-9H2;1-3,6-7,9H,4-5,8H2;2-5H2,1H3;1-6H;5*1-2H3. The fourth-order valence-corrected chi connectivity index (χ4v) is 7.68. The zero-order chi connectivity index (χ0) is 66.0. The molecule has 87 heavy (non-hydrogen) atoms. The number of ketones is 3. The monoisotopic (exact) mass is 1220 g/mol. The zero-order valence-corrected chi connectivity index (χ0v) is 55.7. The molecule has 0 aromatic heterocycles.